The van der Waals surface area contributed by atoms with Crippen molar-refractivity contribution in [1.82, 2.24) is 9.97 Å². The average molecular weight is 402 g/mol. The summed E-state index contributed by atoms with van der Waals surface area (Å²) in [5, 5.41) is 11.1. The van der Waals surface area contributed by atoms with Gasteiger partial charge in [-0.3, -0.25) is 0 Å². The van der Waals surface area contributed by atoms with Gasteiger partial charge in [0.05, 0.1) is 12.5 Å². The summed E-state index contributed by atoms with van der Waals surface area (Å²) in [5.41, 5.74) is 1.30. The van der Waals surface area contributed by atoms with E-state index in [4.69, 9.17) is 9.47 Å². The molecule has 0 aliphatic heterocycles. The number of aromatic amines is 1. The first-order chi connectivity index (χ1) is 14.5. The quantitative estimate of drug-likeness (QED) is 0.478. The van der Waals surface area contributed by atoms with Crippen LogP contribution >= 0.6 is 0 Å². The van der Waals surface area contributed by atoms with Crippen molar-refractivity contribution in [3.63, 3.8) is 0 Å². The maximum atomic E-state index is 12.5. The second-order valence-electron chi connectivity index (χ2n) is 7.18. The van der Waals surface area contributed by atoms with Crippen molar-refractivity contribution in [2.24, 2.45) is 0 Å². The van der Waals surface area contributed by atoms with Crippen LogP contribution in [0.15, 0.2) is 79.0 Å². The van der Waals surface area contributed by atoms with Crippen molar-refractivity contribution in [3.05, 3.63) is 90.1 Å². The van der Waals surface area contributed by atoms with E-state index in [1.54, 1.807) is 12.3 Å². The molecule has 2 N–H and O–H groups in total. The van der Waals surface area contributed by atoms with Gasteiger partial charge in [0, 0.05) is 17.6 Å². The van der Waals surface area contributed by atoms with Crippen LogP contribution in [0.2, 0.25) is 0 Å². The smallest absolute Gasteiger partial charge is 0.346 e. The summed E-state index contributed by atoms with van der Waals surface area (Å²) in [4.78, 5) is 20.0. The van der Waals surface area contributed by atoms with Gasteiger partial charge in [-0.1, -0.05) is 60.7 Å². The van der Waals surface area contributed by atoms with Gasteiger partial charge in [0.1, 0.15) is 5.52 Å². The number of hydrogen-bond donors (Lipinski definition) is 2. The second kappa shape index (κ2) is 7.91. The highest BCUT2D eigenvalue weighted by Gasteiger charge is 2.45. The van der Waals surface area contributed by atoms with Crippen LogP contribution < -0.4 is 9.47 Å². The van der Waals surface area contributed by atoms with Gasteiger partial charge in [0.2, 0.25) is 17.9 Å². The van der Waals surface area contributed by atoms with Crippen molar-refractivity contribution in [1.29, 1.82) is 0 Å². The van der Waals surface area contributed by atoms with Gasteiger partial charge in [0.25, 0.3) is 0 Å². The Bertz CT molecular complexity index is 1120. The third-order valence-electron chi connectivity index (χ3n) is 5.42. The van der Waals surface area contributed by atoms with E-state index in [0.717, 1.165) is 16.5 Å². The molecule has 1 atom stereocenters. The fourth-order valence-electron chi connectivity index (χ4n) is 3.76. The van der Waals surface area contributed by atoms with E-state index in [9.17, 15) is 9.90 Å². The van der Waals surface area contributed by atoms with E-state index < -0.39 is 17.5 Å². The summed E-state index contributed by atoms with van der Waals surface area (Å²) in [6.07, 6.45) is 0.510. The maximum Gasteiger partial charge on any atom is 0.346 e. The zero-order valence-corrected chi connectivity index (χ0v) is 16.7. The van der Waals surface area contributed by atoms with E-state index in [2.05, 4.69) is 9.97 Å². The molecule has 30 heavy (non-hydrogen) atoms. The van der Waals surface area contributed by atoms with Crippen molar-refractivity contribution < 1.29 is 19.4 Å². The number of nitrogens with one attached hydrogen (secondary N) is 1. The van der Waals surface area contributed by atoms with E-state index >= 15 is 0 Å². The molecule has 0 saturated heterocycles. The minimum absolute atomic E-state index is 0.180. The summed E-state index contributed by atoms with van der Waals surface area (Å²) in [6.45, 7) is 1.88. The molecular formula is C24H22N2O4. The lowest BCUT2D eigenvalue weighted by molar-refractivity contribution is -0.147. The summed E-state index contributed by atoms with van der Waals surface area (Å²) < 4.78 is 11.4. The molecule has 0 spiro atoms. The van der Waals surface area contributed by atoms with E-state index in [1.807, 2.05) is 73.7 Å². The molecule has 6 heteroatoms. The predicted molar refractivity (Wildman–Crippen MR) is 114 cm³/mol. The number of aliphatic carboxylic acids is 1. The summed E-state index contributed by atoms with van der Waals surface area (Å²) >= 11 is 0. The molecule has 152 valence electrons. The summed E-state index contributed by atoms with van der Waals surface area (Å²) in [5.74, 6) is -0.559. The second-order valence-corrected chi connectivity index (χ2v) is 7.18. The SMILES string of the molecule is COc1cc2cc[nH]c2c(OC(C(=O)O)C(C)(c2ccccc2)c2ccccc2)n1. The molecule has 2 aromatic carbocycles. The molecule has 2 aromatic heterocycles. The number of carbonyl (C=O) groups is 1. The topological polar surface area (TPSA) is 84.4 Å². The van der Waals surface area contributed by atoms with Gasteiger partial charge in [-0.15, -0.1) is 0 Å². The fraction of sp³-hybridized carbons (Fsp3) is 0.167. The van der Waals surface area contributed by atoms with Crippen molar-refractivity contribution in [2.45, 2.75) is 18.4 Å². The number of methoxy groups -OCH3 is 1. The Labute approximate surface area is 174 Å². The predicted octanol–water partition coefficient (Wildman–Crippen LogP) is 4.41. The standard InChI is InChI=1S/C24H22N2O4/c1-24(17-9-5-3-6-10-17,18-11-7-4-8-12-18)21(23(27)28)30-22-20-16(13-14-25-20)15-19(26-22)29-2/h3-15,21,25H,1-2H3,(H,27,28). The number of rotatable bonds is 7. The van der Waals surface area contributed by atoms with Crippen LogP contribution in [-0.2, 0) is 10.2 Å². The van der Waals surface area contributed by atoms with Crippen LogP contribution in [0.3, 0.4) is 0 Å². The van der Waals surface area contributed by atoms with Gasteiger partial charge in [-0.2, -0.15) is 4.98 Å². The number of benzene rings is 2. The van der Waals surface area contributed by atoms with Crippen LogP contribution in [0.4, 0.5) is 0 Å². The molecule has 0 aliphatic carbocycles. The number of ether oxygens (including phenoxy) is 2. The van der Waals surface area contributed by atoms with Crippen LogP contribution in [0.25, 0.3) is 10.9 Å². The van der Waals surface area contributed by atoms with Crippen LogP contribution in [0.5, 0.6) is 11.8 Å². The number of aromatic nitrogens is 2. The van der Waals surface area contributed by atoms with E-state index in [-0.39, 0.29) is 5.88 Å². The molecule has 6 nitrogen and oxygen atoms in total. The lowest BCUT2D eigenvalue weighted by Gasteiger charge is -2.36. The largest absolute Gasteiger partial charge is 0.481 e. The number of nitrogens with zero attached hydrogens (tertiary/aromatic N) is 1. The molecule has 0 saturated carbocycles. The zero-order valence-electron chi connectivity index (χ0n) is 16.7. The Morgan fingerprint density at radius 1 is 1.03 bits per heavy atom. The first-order valence-electron chi connectivity index (χ1n) is 9.56. The summed E-state index contributed by atoms with van der Waals surface area (Å²) in [6, 6.07) is 22.6. The first-order valence-corrected chi connectivity index (χ1v) is 9.56. The molecule has 0 fully saturated rings. The van der Waals surface area contributed by atoms with Crippen molar-refractivity contribution >= 4 is 16.9 Å². The van der Waals surface area contributed by atoms with E-state index in [1.165, 1.54) is 7.11 Å². The average Bonchev–Trinajstić information content (AvgIpc) is 3.26. The lowest BCUT2D eigenvalue weighted by atomic mass is 9.72. The minimum Gasteiger partial charge on any atom is -0.481 e. The normalized spacial score (nSPS) is 12.5. The Kier molecular flexibility index (Phi) is 5.14. The van der Waals surface area contributed by atoms with Crippen LogP contribution in [-0.4, -0.2) is 34.3 Å². The first kappa shape index (κ1) is 19.5. The molecule has 2 heterocycles. The number of carboxylic acids is 1. The van der Waals surface area contributed by atoms with E-state index in [0.29, 0.717) is 11.4 Å². The Hall–Kier alpha value is -3.80. The molecule has 0 bridgehead atoms. The number of pyridine rings is 1. The van der Waals surface area contributed by atoms with Crippen LogP contribution in [0.1, 0.15) is 18.1 Å². The monoisotopic (exact) mass is 402 g/mol. The third-order valence-corrected chi connectivity index (χ3v) is 5.42. The van der Waals surface area contributed by atoms with Gasteiger partial charge >= 0.3 is 5.97 Å². The van der Waals surface area contributed by atoms with Gasteiger partial charge in [-0.25, -0.2) is 4.79 Å². The molecule has 1 unspecified atom stereocenters. The number of H-pyrrole nitrogens is 1. The Morgan fingerprint density at radius 2 is 1.63 bits per heavy atom. The highest BCUT2D eigenvalue weighted by molar-refractivity contribution is 5.85. The fourth-order valence-corrected chi connectivity index (χ4v) is 3.76. The molecule has 4 rings (SSSR count). The number of fused-ring (bicyclic) bond motifs is 1. The highest BCUT2D eigenvalue weighted by Crippen LogP contribution is 2.38. The highest BCUT2D eigenvalue weighted by atomic mass is 16.5. The Balaban J connectivity index is 1.88. The zero-order chi connectivity index (χ0) is 21.1. The molecule has 0 aliphatic rings. The van der Waals surface area contributed by atoms with Crippen molar-refractivity contribution in [2.75, 3.05) is 7.11 Å². The van der Waals surface area contributed by atoms with Gasteiger partial charge in [-0.05, 0) is 24.1 Å². The third kappa shape index (κ3) is 3.37. The Morgan fingerprint density at radius 3 is 2.17 bits per heavy atom. The minimum atomic E-state index is -1.24. The van der Waals surface area contributed by atoms with Gasteiger partial charge in [0.15, 0.2) is 0 Å². The van der Waals surface area contributed by atoms with Crippen LogP contribution in [0, 0.1) is 0 Å². The molecular weight excluding hydrogens is 380 g/mol. The maximum absolute atomic E-state index is 12.5. The van der Waals surface area contributed by atoms with Crippen molar-refractivity contribution in [3.8, 4) is 11.8 Å². The molecule has 0 radical (unpaired) electrons. The number of hydrogen-bond acceptors (Lipinski definition) is 4. The molecule has 4 aromatic rings. The molecule has 0 amide bonds. The number of carboxylic acid groups (broad SMARTS) is 1. The van der Waals surface area contributed by atoms with Gasteiger partial charge < -0.3 is 19.6 Å². The lowest BCUT2D eigenvalue weighted by Crippen LogP contribution is -2.47. The summed E-state index contributed by atoms with van der Waals surface area (Å²) in [7, 11) is 1.51.